The highest BCUT2D eigenvalue weighted by Crippen LogP contribution is 2.27. The maximum atomic E-state index is 12.4. The Hall–Kier alpha value is -2.76. The average molecular weight is 267 g/mol. The van der Waals surface area contributed by atoms with Gasteiger partial charge in [-0.05, 0) is 23.6 Å². The van der Waals surface area contributed by atoms with Crippen molar-refractivity contribution < 1.29 is 4.79 Å². The number of carbonyl (C=O) groups is 1. The van der Waals surface area contributed by atoms with Gasteiger partial charge in [0.25, 0.3) is 11.7 Å². The molecule has 100 valence electrons. The number of nitrogens with zero attached hydrogens (tertiary/aromatic N) is 4. The fraction of sp³-hybridized carbons (Fsp3) is 0.143. The summed E-state index contributed by atoms with van der Waals surface area (Å²) in [5, 5.41) is 15.3. The van der Waals surface area contributed by atoms with Gasteiger partial charge in [0.2, 0.25) is 0 Å². The van der Waals surface area contributed by atoms with Crippen LogP contribution in [0, 0.1) is 0 Å². The minimum atomic E-state index is -0.266. The highest BCUT2D eigenvalue weighted by Gasteiger charge is 2.21. The first-order chi connectivity index (χ1) is 9.81. The molecule has 3 rings (SSSR count). The first kappa shape index (κ1) is 12.3. The molecule has 6 nitrogen and oxygen atoms in total. The molecular formula is C14H13N5O. The summed E-state index contributed by atoms with van der Waals surface area (Å²) in [5.41, 5.74) is 0.848. The number of tetrazole rings is 1. The van der Waals surface area contributed by atoms with Crippen molar-refractivity contribution in [2.45, 2.75) is 6.92 Å². The molecule has 0 bridgehead atoms. The summed E-state index contributed by atoms with van der Waals surface area (Å²) < 4.78 is 0. The number of benzene rings is 2. The highest BCUT2D eigenvalue weighted by atomic mass is 16.2. The lowest BCUT2D eigenvalue weighted by atomic mass is 10.1. The van der Waals surface area contributed by atoms with Gasteiger partial charge in [-0.15, -0.1) is 10.2 Å². The van der Waals surface area contributed by atoms with E-state index in [-0.39, 0.29) is 11.7 Å². The fourth-order valence-corrected chi connectivity index (χ4v) is 2.24. The zero-order valence-electron chi connectivity index (χ0n) is 10.9. The van der Waals surface area contributed by atoms with E-state index in [1.54, 1.807) is 4.90 Å². The van der Waals surface area contributed by atoms with Gasteiger partial charge in [-0.2, -0.15) is 5.21 Å². The number of hydrogen-bond donors (Lipinski definition) is 1. The fourth-order valence-electron chi connectivity index (χ4n) is 2.24. The molecule has 0 fully saturated rings. The molecule has 0 atom stereocenters. The Morgan fingerprint density at radius 3 is 2.75 bits per heavy atom. The predicted molar refractivity (Wildman–Crippen MR) is 75.5 cm³/mol. The molecule has 1 aromatic heterocycles. The van der Waals surface area contributed by atoms with Crippen LogP contribution in [0.3, 0.4) is 0 Å². The second-order valence-corrected chi connectivity index (χ2v) is 4.28. The smallest absolute Gasteiger partial charge is 0.299 e. The molecule has 0 radical (unpaired) electrons. The van der Waals surface area contributed by atoms with Crippen molar-refractivity contribution in [1.82, 2.24) is 20.6 Å². The molecule has 0 saturated heterocycles. The van der Waals surface area contributed by atoms with Crippen LogP contribution in [-0.4, -0.2) is 33.1 Å². The van der Waals surface area contributed by atoms with Gasteiger partial charge in [0, 0.05) is 11.9 Å². The number of nitrogens with one attached hydrogen (secondary N) is 1. The highest BCUT2D eigenvalue weighted by molar-refractivity contribution is 6.08. The SMILES string of the molecule is CCN(C(=O)c1nn[nH]n1)c1cccc2ccccc12. The van der Waals surface area contributed by atoms with E-state index in [2.05, 4.69) is 20.6 Å². The molecule has 0 aliphatic heterocycles. The summed E-state index contributed by atoms with van der Waals surface area (Å²) >= 11 is 0. The summed E-state index contributed by atoms with van der Waals surface area (Å²) in [7, 11) is 0. The molecule has 0 saturated carbocycles. The van der Waals surface area contributed by atoms with Crippen LogP contribution in [0.25, 0.3) is 10.8 Å². The van der Waals surface area contributed by atoms with E-state index < -0.39 is 0 Å². The molecule has 1 heterocycles. The molecule has 0 spiro atoms. The predicted octanol–water partition coefficient (Wildman–Crippen LogP) is 2.02. The maximum Gasteiger partial charge on any atom is 0.299 e. The van der Waals surface area contributed by atoms with Crippen LogP contribution in [0.2, 0.25) is 0 Å². The van der Waals surface area contributed by atoms with Gasteiger partial charge in [-0.1, -0.05) is 36.4 Å². The third-order valence-corrected chi connectivity index (χ3v) is 3.16. The van der Waals surface area contributed by atoms with Crippen LogP contribution in [-0.2, 0) is 0 Å². The van der Waals surface area contributed by atoms with Crippen LogP contribution in [0.1, 0.15) is 17.5 Å². The van der Waals surface area contributed by atoms with Crippen molar-refractivity contribution in [2.24, 2.45) is 0 Å². The van der Waals surface area contributed by atoms with Crippen LogP contribution in [0.5, 0.6) is 0 Å². The lowest BCUT2D eigenvalue weighted by molar-refractivity contribution is 0.0978. The summed E-state index contributed by atoms with van der Waals surface area (Å²) in [6.45, 7) is 2.45. The lowest BCUT2D eigenvalue weighted by Gasteiger charge is -2.21. The number of H-pyrrole nitrogens is 1. The average Bonchev–Trinajstić information content (AvgIpc) is 3.02. The Morgan fingerprint density at radius 1 is 1.20 bits per heavy atom. The van der Waals surface area contributed by atoms with E-state index in [0.717, 1.165) is 16.5 Å². The third-order valence-electron chi connectivity index (χ3n) is 3.16. The van der Waals surface area contributed by atoms with Crippen LogP contribution >= 0.6 is 0 Å². The van der Waals surface area contributed by atoms with Crippen molar-refractivity contribution in [3.05, 3.63) is 48.3 Å². The second kappa shape index (κ2) is 5.08. The molecule has 3 aromatic rings. The molecule has 2 aromatic carbocycles. The van der Waals surface area contributed by atoms with Crippen molar-refractivity contribution in [3.63, 3.8) is 0 Å². The van der Waals surface area contributed by atoms with Crippen molar-refractivity contribution >= 4 is 22.4 Å². The number of amides is 1. The molecule has 0 aliphatic carbocycles. The number of aromatic amines is 1. The minimum Gasteiger partial charge on any atom is -0.305 e. The van der Waals surface area contributed by atoms with E-state index in [1.807, 2.05) is 49.4 Å². The van der Waals surface area contributed by atoms with Crippen molar-refractivity contribution in [1.29, 1.82) is 0 Å². The summed E-state index contributed by atoms with van der Waals surface area (Å²) in [6, 6.07) is 13.8. The number of carbonyl (C=O) groups excluding carboxylic acids is 1. The Balaban J connectivity index is 2.10. The second-order valence-electron chi connectivity index (χ2n) is 4.28. The van der Waals surface area contributed by atoms with Crippen LogP contribution < -0.4 is 4.90 Å². The van der Waals surface area contributed by atoms with Crippen LogP contribution in [0.15, 0.2) is 42.5 Å². The molecule has 20 heavy (non-hydrogen) atoms. The minimum absolute atomic E-state index is 0.0692. The number of anilines is 1. The molecule has 0 aliphatic rings. The summed E-state index contributed by atoms with van der Waals surface area (Å²) in [5.74, 6) is -0.197. The van der Waals surface area contributed by atoms with Gasteiger partial charge in [-0.3, -0.25) is 4.79 Å². The van der Waals surface area contributed by atoms with Crippen LogP contribution in [0.4, 0.5) is 5.69 Å². The Morgan fingerprint density at radius 2 is 2.00 bits per heavy atom. The van der Waals surface area contributed by atoms with Gasteiger partial charge < -0.3 is 4.90 Å². The van der Waals surface area contributed by atoms with E-state index in [4.69, 9.17) is 0 Å². The number of fused-ring (bicyclic) bond motifs is 1. The zero-order valence-corrected chi connectivity index (χ0v) is 10.9. The quantitative estimate of drug-likeness (QED) is 0.787. The van der Waals surface area contributed by atoms with E-state index in [0.29, 0.717) is 6.54 Å². The van der Waals surface area contributed by atoms with Gasteiger partial charge in [0.15, 0.2) is 0 Å². The monoisotopic (exact) mass is 267 g/mol. The third kappa shape index (κ3) is 2.01. The maximum absolute atomic E-state index is 12.4. The van der Waals surface area contributed by atoms with Gasteiger partial charge in [0.1, 0.15) is 0 Å². The molecule has 6 heteroatoms. The Bertz CT molecular complexity index is 733. The normalized spacial score (nSPS) is 10.7. The first-order valence-electron chi connectivity index (χ1n) is 6.34. The molecular weight excluding hydrogens is 254 g/mol. The standard InChI is InChI=1S/C14H13N5O/c1-2-19(14(20)13-15-17-18-16-13)12-9-5-7-10-6-3-4-8-11(10)12/h3-9H,2H2,1H3,(H,15,16,17,18). The zero-order chi connectivity index (χ0) is 13.9. The Kier molecular flexibility index (Phi) is 3.12. The topological polar surface area (TPSA) is 74.8 Å². The van der Waals surface area contributed by atoms with Gasteiger partial charge in [0.05, 0.1) is 5.69 Å². The molecule has 0 unspecified atom stereocenters. The first-order valence-corrected chi connectivity index (χ1v) is 6.34. The summed E-state index contributed by atoms with van der Waals surface area (Å²) in [6.07, 6.45) is 0. The molecule has 1 N–H and O–H groups in total. The van der Waals surface area contributed by atoms with E-state index >= 15 is 0 Å². The van der Waals surface area contributed by atoms with E-state index in [9.17, 15) is 4.79 Å². The van der Waals surface area contributed by atoms with E-state index in [1.165, 1.54) is 0 Å². The van der Waals surface area contributed by atoms with Crippen molar-refractivity contribution in [3.8, 4) is 0 Å². The number of rotatable bonds is 3. The number of hydrogen-bond acceptors (Lipinski definition) is 4. The van der Waals surface area contributed by atoms with Gasteiger partial charge in [-0.25, -0.2) is 0 Å². The lowest BCUT2D eigenvalue weighted by Crippen LogP contribution is -2.31. The van der Waals surface area contributed by atoms with Crippen molar-refractivity contribution in [2.75, 3.05) is 11.4 Å². The number of aromatic nitrogens is 4. The summed E-state index contributed by atoms with van der Waals surface area (Å²) in [4.78, 5) is 14.1. The van der Waals surface area contributed by atoms with Gasteiger partial charge >= 0.3 is 0 Å². The largest absolute Gasteiger partial charge is 0.305 e. The molecule has 1 amide bonds. The Labute approximate surface area is 115 Å².